The zero-order valence-electron chi connectivity index (χ0n) is 9.25. The van der Waals surface area contributed by atoms with Gasteiger partial charge in [-0.2, -0.15) is 0 Å². The standard InChI is InChI=1S/C10H21NO3/c1-8(10(13)11-3)5-7-14-9(2)4-6-12/h8-9,12H,4-7H2,1-3H3,(H,11,13). The highest BCUT2D eigenvalue weighted by atomic mass is 16.5. The van der Waals surface area contributed by atoms with Crippen LogP contribution < -0.4 is 5.32 Å². The van der Waals surface area contributed by atoms with Gasteiger partial charge in [0.05, 0.1) is 6.10 Å². The van der Waals surface area contributed by atoms with Crippen LogP contribution >= 0.6 is 0 Å². The topological polar surface area (TPSA) is 58.6 Å². The van der Waals surface area contributed by atoms with Crippen LogP contribution in [-0.2, 0) is 9.53 Å². The van der Waals surface area contributed by atoms with Crippen LogP contribution in [0, 0.1) is 5.92 Å². The number of rotatable bonds is 7. The molecule has 0 radical (unpaired) electrons. The maximum absolute atomic E-state index is 11.1. The van der Waals surface area contributed by atoms with Gasteiger partial charge in [-0.1, -0.05) is 6.92 Å². The van der Waals surface area contributed by atoms with E-state index in [0.29, 0.717) is 13.0 Å². The van der Waals surface area contributed by atoms with E-state index >= 15 is 0 Å². The molecule has 84 valence electrons. The fourth-order valence-electron chi connectivity index (χ4n) is 1.09. The van der Waals surface area contributed by atoms with E-state index in [1.54, 1.807) is 7.05 Å². The van der Waals surface area contributed by atoms with Crippen molar-refractivity contribution >= 4 is 5.91 Å². The molecule has 0 aromatic carbocycles. The van der Waals surface area contributed by atoms with Crippen molar-refractivity contribution in [3.63, 3.8) is 0 Å². The minimum absolute atomic E-state index is 0.0127. The van der Waals surface area contributed by atoms with E-state index in [4.69, 9.17) is 9.84 Å². The number of aliphatic hydroxyl groups is 1. The molecule has 2 atom stereocenters. The summed E-state index contributed by atoms with van der Waals surface area (Å²) in [5.41, 5.74) is 0. The molecule has 0 aromatic heterocycles. The van der Waals surface area contributed by atoms with E-state index in [0.717, 1.165) is 6.42 Å². The summed E-state index contributed by atoms with van der Waals surface area (Å²) in [5, 5.41) is 11.2. The van der Waals surface area contributed by atoms with Crippen molar-refractivity contribution in [1.82, 2.24) is 5.32 Å². The molecule has 2 N–H and O–H groups in total. The van der Waals surface area contributed by atoms with Crippen molar-refractivity contribution in [3.8, 4) is 0 Å². The van der Waals surface area contributed by atoms with Gasteiger partial charge in [0.2, 0.25) is 5.91 Å². The summed E-state index contributed by atoms with van der Waals surface area (Å²) in [4.78, 5) is 11.1. The van der Waals surface area contributed by atoms with Crippen LogP contribution in [-0.4, -0.2) is 37.4 Å². The normalized spacial score (nSPS) is 14.9. The third-order valence-corrected chi connectivity index (χ3v) is 2.18. The van der Waals surface area contributed by atoms with Crippen LogP contribution in [0.5, 0.6) is 0 Å². The van der Waals surface area contributed by atoms with Crippen molar-refractivity contribution in [2.45, 2.75) is 32.8 Å². The summed E-state index contributed by atoms with van der Waals surface area (Å²) in [6, 6.07) is 0. The minimum Gasteiger partial charge on any atom is -0.396 e. The maximum Gasteiger partial charge on any atom is 0.222 e. The molecule has 0 rings (SSSR count). The number of aliphatic hydroxyl groups excluding tert-OH is 1. The Bertz CT molecular complexity index is 161. The molecular weight excluding hydrogens is 182 g/mol. The highest BCUT2D eigenvalue weighted by Gasteiger charge is 2.11. The van der Waals surface area contributed by atoms with Gasteiger partial charge in [0.15, 0.2) is 0 Å². The van der Waals surface area contributed by atoms with Gasteiger partial charge in [0, 0.05) is 26.2 Å². The molecule has 4 nitrogen and oxygen atoms in total. The van der Waals surface area contributed by atoms with E-state index < -0.39 is 0 Å². The molecule has 4 heteroatoms. The Hall–Kier alpha value is -0.610. The molecule has 2 unspecified atom stereocenters. The lowest BCUT2D eigenvalue weighted by Crippen LogP contribution is -2.26. The van der Waals surface area contributed by atoms with Gasteiger partial charge in [-0.05, 0) is 19.8 Å². The number of hydrogen-bond donors (Lipinski definition) is 2. The summed E-state index contributed by atoms with van der Waals surface area (Å²) in [6.07, 6.45) is 1.43. The first kappa shape index (κ1) is 13.4. The van der Waals surface area contributed by atoms with Gasteiger partial charge in [-0.15, -0.1) is 0 Å². The van der Waals surface area contributed by atoms with Gasteiger partial charge >= 0.3 is 0 Å². The lowest BCUT2D eigenvalue weighted by atomic mass is 10.1. The first-order chi connectivity index (χ1) is 6.61. The monoisotopic (exact) mass is 203 g/mol. The lowest BCUT2D eigenvalue weighted by Gasteiger charge is -2.14. The van der Waals surface area contributed by atoms with Gasteiger partial charge in [-0.25, -0.2) is 0 Å². The van der Waals surface area contributed by atoms with E-state index in [1.807, 2.05) is 13.8 Å². The molecule has 0 bridgehead atoms. The van der Waals surface area contributed by atoms with Crippen molar-refractivity contribution in [3.05, 3.63) is 0 Å². The van der Waals surface area contributed by atoms with Crippen LogP contribution in [0.4, 0.5) is 0 Å². The van der Waals surface area contributed by atoms with Crippen LogP contribution in [0.3, 0.4) is 0 Å². The summed E-state index contributed by atoms with van der Waals surface area (Å²) in [7, 11) is 1.63. The number of carbonyl (C=O) groups is 1. The first-order valence-corrected chi connectivity index (χ1v) is 5.05. The summed E-state index contributed by atoms with van der Waals surface area (Å²) in [6.45, 7) is 4.50. The average molecular weight is 203 g/mol. The van der Waals surface area contributed by atoms with Crippen LogP contribution in [0.15, 0.2) is 0 Å². The Kier molecular flexibility index (Phi) is 7.42. The molecule has 0 fully saturated rings. The Balaban J connectivity index is 3.48. The third-order valence-electron chi connectivity index (χ3n) is 2.18. The van der Waals surface area contributed by atoms with Crippen molar-refractivity contribution < 1.29 is 14.6 Å². The zero-order chi connectivity index (χ0) is 11.0. The van der Waals surface area contributed by atoms with Gasteiger partial charge in [0.25, 0.3) is 0 Å². The van der Waals surface area contributed by atoms with Crippen molar-refractivity contribution in [2.24, 2.45) is 5.92 Å². The number of nitrogens with one attached hydrogen (secondary N) is 1. The predicted octanol–water partition coefficient (Wildman–Crippen LogP) is 0.546. The third kappa shape index (κ3) is 5.94. The number of ether oxygens (including phenoxy) is 1. The Morgan fingerprint density at radius 2 is 2.07 bits per heavy atom. The molecule has 0 heterocycles. The second-order valence-corrected chi connectivity index (χ2v) is 3.50. The largest absolute Gasteiger partial charge is 0.396 e. The SMILES string of the molecule is CNC(=O)C(C)CCOC(C)CCO. The molecule has 1 amide bonds. The molecule has 0 aliphatic heterocycles. The van der Waals surface area contributed by atoms with Crippen LogP contribution in [0.25, 0.3) is 0 Å². The fraction of sp³-hybridized carbons (Fsp3) is 0.900. The van der Waals surface area contributed by atoms with Crippen molar-refractivity contribution in [2.75, 3.05) is 20.3 Å². The molecule has 0 saturated carbocycles. The molecule has 14 heavy (non-hydrogen) atoms. The summed E-state index contributed by atoms with van der Waals surface area (Å²) in [5.74, 6) is 0.0322. The van der Waals surface area contributed by atoms with Crippen LogP contribution in [0.2, 0.25) is 0 Å². The fourth-order valence-corrected chi connectivity index (χ4v) is 1.09. The smallest absolute Gasteiger partial charge is 0.222 e. The van der Waals surface area contributed by atoms with E-state index in [-0.39, 0.29) is 24.5 Å². The van der Waals surface area contributed by atoms with E-state index in [1.165, 1.54) is 0 Å². The Morgan fingerprint density at radius 3 is 2.57 bits per heavy atom. The van der Waals surface area contributed by atoms with Gasteiger partial charge in [0.1, 0.15) is 0 Å². The minimum atomic E-state index is -0.0127. The molecule has 0 spiro atoms. The first-order valence-electron chi connectivity index (χ1n) is 5.05. The maximum atomic E-state index is 11.1. The number of amides is 1. The molecule has 0 aliphatic carbocycles. The van der Waals surface area contributed by atoms with Crippen molar-refractivity contribution in [1.29, 1.82) is 0 Å². The molecule has 0 aliphatic rings. The summed E-state index contributed by atoms with van der Waals surface area (Å²) < 4.78 is 5.41. The highest BCUT2D eigenvalue weighted by Crippen LogP contribution is 2.04. The zero-order valence-corrected chi connectivity index (χ0v) is 9.25. The lowest BCUT2D eigenvalue weighted by molar-refractivity contribution is -0.124. The second-order valence-electron chi connectivity index (χ2n) is 3.50. The quantitative estimate of drug-likeness (QED) is 0.635. The van der Waals surface area contributed by atoms with Gasteiger partial charge in [-0.3, -0.25) is 4.79 Å². The molecule has 0 aromatic rings. The number of hydrogen-bond acceptors (Lipinski definition) is 3. The van der Waals surface area contributed by atoms with Crippen LogP contribution in [0.1, 0.15) is 26.7 Å². The molecular formula is C10H21NO3. The summed E-state index contributed by atoms with van der Waals surface area (Å²) >= 11 is 0. The Labute approximate surface area is 85.6 Å². The van der Waals surface area contributed by atoms with Gasteiger partial charge < -0.3 is 15.2 Å². The van der Waals surface area contributed by atoms with E-state index in [2.05, 4.69) is 5.32 Å². The average Bonchev–Trinajstić information content (AvgIpc) is 2.16. The predicted molar refractivity (Wildman–Crippen MR) is 55.0 cm³/mol. The highest BCUT2D eigenvalue weighted by molar-refractivity contribution is 5.77. The second kappa shape index (κ2) is 7.76. The van der Waals surface area contributed by atoms with E-state index in [9.17, 15) is 4.79 Å². The number of carbonyl (C=O) groups excluding carboxylic acids is 1. The molecule has 0 saturated heterocycles. The Morgan fingerprint density at radius 1 is 1.43 bits per heavy atom.